The van der Waals surface area contributed by atoms with Crippen LogP contribution in [0.1, 0.15) is 79.0 Å². The quantitative estimate of drug-likeness (QED) is 0.107. The molecular weight excluding hydrogens is 1110 g/mol. The number of anilines is 2. The van der Waals surface area contributed by atoms with Crippen LogP contribution in [0.5, 0.6) is 11.5 Å². The van der Waals surface area contributed by atoms with Gasteiger partial charge in [-0.25, -0.2) is 4.98 Å². The molecule has 5 nitrogen and oxygen atoms in total. The summed E-state index contributed by atoms with van der Waals surface area (Å²) < 4.78 is 12.0. The summed E-state index contributed by atoms with van der Waals surface area (Å²) in [6.07, 6.45) is 1.95. The number of hydrogen-bond donors (Lipinski definition) is 0. The molecule has 11 aromatic carbocycles. The van der Waals surface area contributed by atoms with E-state index in [9.17, 15) is 0 Å². The minimum atomic E-state index is -2.99. The first-order chi connectivity index (χ1) is 43.5. The van der Waals surface area contributed by atoms with Crippen molar-refractivity contribution in [3.05, 3.63) is 290 Å². The van der Waals surface area contributed by atoms with Crippen LogP contribution in [0.25, 0.3) is 82.1 Å². The maximum atomic E-state index is 7.08. The molecule has 6 heteroatoms. The van der Waals surface area contributed by atoms with Crippen molar-refractivity contribution in [3.8, 4) is 28.4 Å². The molecule has 0 fully saturated rings. The van der Waals surface area contributed by atoms with E-state index < -0.39 is 8.07 Å². The SMILES string of the molecule is CC(C)(C)c1cc(-c2cccc3c4ccccc4c4ccccc4c4cccc5c4n(c23)CN5c2cccc(Oc3ccc4c5cc(C(C)(C)C)ccc5n(-c5cc(C(C)(C)C)ccn5)c4c3)c2)cc([Si](c2ccccc2)(c2ccccc2)c2ccccc2)c1. The highest BCUT2D eigenvalue weighted by Gasteiger charge is 2.42. The van der Waals surface area contributed by atoms with E-state index >= 15 is 0 Å². The summed E-state index contributed by atoms with van der Waals surface area (Å²) in [7, 11) is -2.99. The lowest BCUT2D eigenvalue weighted by molar-refractivity contribution is 0.483. The van der Waals surface area contributed by atoms with Gasteiger partial charge in [0.25, 0.3) is 0 Å². The molecule has 0 saturated carbocycles. The van der Waals surface area contributed by atoms with Crippen LogP contribution in [0.2, 0.25) is 0 Å². The van der Waals surface area contributed by atoms with Gasteiger partial charge in [0.2, 0.25) is 0 Å². The average Bonchev–Trinajstić information content (AvgIpc) is 1.36. The van der Waals surface area contributed by atoms with Crippen LogP contribution >= 0.6 is 0 Å². The number of hydrogen-bond acceptors (Lipinski definition) is 3. The molecule has 0 spiro atoms. The van der Waals surface area contributed by atoms with Crippen molar-refractivity contribution < 1.29 is 4.74 Å². The minimum absolute atomic E-state index is 0.0158. The molecule has 0 unspecified atom stereocenters. The second-order valence-corrected chi connectivity index (χ2v) is 31.4. The van der Waals surface area contributed by atoms with Crippen molar-refractivity contribution in [1.29, 1.82) is 0 Å². The van der Waals surface area contributed by atoms with E-state index in [2.05, 4.69) is 343 Å². The highest BCUT2D eigenvalue weighted by atomic mass is 28.3. The van der Waals surface area contributed by atoms with Crippen molar-refractivity contribution in [2.24, 2.45) is 0 Å². The minimum Gasteiger partial charge on any atom is -0.457 e. The van der Waals surface area contributed by atoms with Crippen LogP contribution in [0.15, 0.2) is 273 Å². The van der Waals surface area contributed by atoms with E-state index in [1.165, 1.54) is 97.3 Å². The first kappa shape index (κ1) is 56.5. The van der Waals surface area contributed by atoms with Crippen LogP contribution in [-0.4, -0.2) is 22.2 Å². The fourth-order valence-corrected chi connectivity index (χ4v) is 19.1. The lowest BCUT2D eigenvalue weighted by atomic mass is 9.85. The Kier molecular flexibility index (Phi) is 13.6. The number of pyridine rings is 1. The lowest BCUT2D eigenvalue weighted by Crippen LogP contribution is -2.74. The Labute approximate surface area is 529 Å². The molecule has 0 radical (unpaired) electrons. The number of para-hydroxylation sites is 2. The Balaban J connectivity index is 0.945. The van der Waals surface area contributed by atoms with Crippen molar-refractivity contribution >= 4 is 105 Å². The third kappa shape index (κ3) is 9.55. The van der Waals surface area contributed by atoms with E-state index in [0.29, 0.717) is 6.67 Å². The van der Waals surface area contributed by atoms with E-state index in [1.807, 2.05) is 6.20 Å². The van der Waals surface area contributed by atoms with Crippen molar-refractivity contribution in [3.63, 3.8) is 0 Å². The van der Waals surface area contributed by atoms with Gasteiger partial charge < -0.3 is 14.2 Å². The van der Waals surface area contributed by atoms with Crippen molar-refractivity contribution in [2.75, 3.05) is 4.90 Å². The molecule has 1 aliphatic heterocycles. The molecule has 0 atom stereocenters. The Morgan fingerprint density at radius 1 is 0.367 bits per heavy atom. The van der Waals surface area contributed by atoms with Gasteiger partial charge in [-0.2, -0.15) is 0 Å². The monoisotopic (exact) mass is 1180 g/mol. The van der Waals surface area contributed by atoms with Gasteiger partial charge in [-0.3, -0.25) is 4.57 Å². The Hall–Kier alpha value is -10.0. The number of ether oxygens (including phenoxy) is 1. The second-order valence-electron chi connectivity index (χ2n) is 27.6. The van der Waals surface area contributed by atoms with Gasteiger partial charge in [0.05, 0.1) is 27.8 Å². The fraction of sp³-hybridized carbons (Fsp3) is 0.155. The molecule has 15 rings (SSSR count). The van der Waals surface area contributed by atoms with Crippen molar-refractivity contribution in [2.45, 2.75) is 85.2 Å². The number of fused-ring (bicyclic) bond motifs is 10. The van der Waals surface area contributed by atoms with Gasteiger partial charge in [0.15, 0.2) is 8.07 Å². The standard InChI is InChI=1S/C84H74N4OSi/c1-82(2,3)57-42-45-76-75(51-57)72-44-43-62(54-78(72)88(76)79-52-58(46-47-85-79)83(4,5)6)89-61-27-23-26-60(53-61)86-55-87-80-67(38-24-39-73(80)70-36-21-19-34-68(70)69-35-20-22-37-71(69)74-40-25-41-77(86)81(74)87)56-48-59(84(7,8)9)50-66(49-56)90(63-28-13-10-14-29-63,64-30-15-11-16-31-64)65-32-17-12-18-33-65/h10-54H,55H2,1-9H3. The highest BCUT2D eigenvalue weighted by molar-refractivity contribution is 7.20. The molecule has 0 amide bonds. The first-order valence-electron chi connectivity index (χ1n) is 31.7. The number of nitrogens with zero attached hydrogens (tertiary/aromatic N) is 4. The van der Waals surface area contributed by atoms with Gasteiger partial charge in [0, 0.05) is 51.1 Å². The van der Waals surface area contributed by atoms with Crippen LogP contribution < -0.4 is 30.4 Å². The van der Waals surface area contributed by atoms with E-state index in [0.717, 1.165) is 45.1 Å². The zero-order chi connectivity index (χ0) is 61.7. The molecule has 3 aromatic heterocycles. The first-order valence-corrected chi connectivity index (χ1v) is 33.7. The van der Waals surface area contributed by atoms with E-state index in [1.54, 1.807) is 0 Å². The third-order valence-electron chi connectivity index (χ3n) is 18.9. The molecule has 0 bridgehead atoms. The topological polar surface area (TPSA) is 35.2 Å². The molecule has 0 N–H and O–H groups in total. The van der Waals surface area contributed by atoms with Crippen LogP contribution in [0.3, 0.4) is 0 Å². The molecular formula is C84H74N4OSi. The maximum absolute atomic E-state index is 7.08. The van der Waals surface area contributed by atoms with Gasteiger partial charge in [0.1, 0.15) is 24.0 Å². The summed E-state index contributed by atoms with van der Waals surface area (Å²) in [6.45, 7) is 21.3. The molecule has 0 saturated heterocycles. The lowest BCUT2D eigenvalue weighted by Gasteiger charge is -2.36. The highest BCUT2D eigenvalue weighted by Crippen LogP contribution is 2.46. The van der Waals surface area contributed by atoms with Gasteiger partial charge >= 0.3 is 0 Å². The molecule has 14 aromatic rings. The van der Waals surface area contributed by atoms with Crippen molar-refractivity contribution in [1.82, 2.24) is 14.1 Å². The summed E-state index contributed by atoms with van der Waals surface area (Å²) in [5.41, 5.74) is 12.6. The number of rotatable bonds is 9. The van der Waals surface area contributed by atoms with Gasteiger partial charge in [-0.05, 0) is 135 Å². The summed E-state index contributed by atoms with van der Waals surface area (Å²) in [5.74, 6) is 2.40. The van der Waals surface area contributed by atoms with Crippen LogP contribution in [-0.2, 0) is 22.9 Å². The zero-order valence-electron chi connectivity index (χ0n) is 52.9. The molecule has 4 heterocycles. The second kappa shape index (κ2) is 21.6. The maximum Gasteiger partial charge on any atom is 0.179 e. The predicted molar refractivity (Wildman–Crippen MR) is 384 cm³/mol. The van der Waals surface area contributed by atoms with Crippen LogP contribution in [0, 0.1) is 0 Å². The summed E-state index contributed by atoms with van der Waals surface area (Å²) in [6, 6.07) is 100. The fourth-order valence-electron chi connectivity index (χ4n) is 14.3. The predicted octanol–water partition coefficient (Wildman–Crippen LogP) is 19.6. The smallest absolute Gasteiger partial charge is 0.179 e. The van der Waals surface area contributed by atoms with Gasteiger partial charge in [-0.1, -0.05) is 263 Å². The number of aromatic nitrogens is 3. The Bertz CT molecular complexity index is 5100. The average molecular weight is 1180 g/mol. The Morgan fingerprint density at radius 2 is 0.900 bits per heavy atom. The molecule has 0 aliphatic carbocycles. The normalized spacial score (nSPS) is 12.9. The summed E-state index contributed by atoms with van der Waals surface area (Å²) in [4.78, 5) is 7.52. The molecule has 440 valence electrons. The summed E-state index contributed by atoms with van der Waals surface area (Å²) in [5, 5.41) is 14.9. The molecule has 90 heavy (non-hydrogen) atoms. The third-order valence-corrected chi connectivity index (χ3v) is 23.6. The molecule has 1 aliphatic rings. The van der Waals surface area contributed by atoms with Crippen LogP contribution in [0.4, 0.5) is 11.4 Å². The number of benzene rings is 11. The Morgan fingerprint density at radius 3 is 1.51 bits per heavy atom. The van der Waals surface area contributed by atoms with E-state index in [-0.39, 0.29) is 16.2 Å². The summed E-state index contributed by atoms with van der Waals surface area (Å²) >= 11 is 0. The largest absolute Gasteiger partial charge is 0.457 e. The zero-order valence-corrected chi connectivity index (χ0v) is 53.9. The van der Waals surface area contributed by atoms with Gasteiger partial charge in [-0.15, -0.1) is 0 Å². The van der Waals surface area contributed by atoms with E-state index in [4.69, 9.17) is 9.72 Å².